The van der Waals surface area contributed by atoms with E-state index in [1.54, 1.807) is 0 Å². The number of carbonyl (C=O) groups excluding carboxylic acids is 1. The molecule has 0 aromatic carbocycles. The molecular weight excluding hydrogens is 188 g/mol. The highest BCUT2D eigenvalue weighted by Gasteiger charge is 2.38. The summed E-state index contributed by atoms with van der Waals surface area (Å²) >= 11 is 0. The number of rotatable bonds is 4. The maximum absolute atomic E-state index is 11.8. The van der Waals surface area contributed by atoms with Gasteiger partial charge in [0.25, 0.3) is 0 Å². The van der Waals surface area contributed by atoms with E-state index < -0.39 is 0 Å². The van der Waals surface area contributed by atoms with E-state index in [2.05, 4.69) is 24.5 Å². The molecule has 3 nitrogen and oxygen atoms in total. The van der Waals surface area contributed by atoms with Gasteiger partial charge in [0.05, 0.1) is 0 Å². The minimum Gasteiger partial charge on any atom is -0.351 e. The lowest BCUT2D eigenvalue weighted by Gasteiger charge is -2.26. The fourth-order valence-corrected chi connectivity index (χ4v) is 2.47. The molecule has 1 atom stereocenters. The van der Waals surface area contributed by atoms with E-state index in [0.29, 0.717) is 18.4 Å². The molecule has 2 fully saturated rings. The molecule has 2 N–H and O–H groups in total. The first-order valence-corrected chi connectivity index (χ1v) is 6.12. The molecule has 2 rings (SSSR count). The Hall–Kier alpha value is -0.570. The van der Waals surface area contributed by atoms with Gasteiger partial charge in [-0.2, -0.15) is 0 Å². The number of nitrogens with one attached hydrogen (secondary N) is 2. The summed E-state index contributed by atoms with van der Waals surface area (Å²) in [7, 11) is 0. The van der Waals surface area contributed by atoms with Crippen LogP contribution in [-0.4, -0.2) is 24.0 Å². The van der Waals surface area contributed by atoms with E-state index in [1.165, 1.54) is 19.3 Å². The van der Waals surface area contributed by atoms with Crippen LogP contribution in [0.25, 0.3) is 0 Å². The van der Waals surface area contributed by atoms with Crippen LogP contribution in [0.4, 0.5) is 0 Å². The molecule has 1 aliphatic carbocycles. The molecule has 0 spiro atoms. The lowest BCUT2D eigenvalue weighted by Crippen LogP contribution is -2.46. The molecule has 15 heavy (non-hydrogen) atoms. The number of carbonyl (C=O) groups is 1. The monoisotopic (exact) mass is 210 g/mol. The first-order valence-electron chi connectivity index (χ1n) is 6.12. The third-order valence-corrected chi connectivity index (χ3v) is 3.65. The van der Waals surface area contributed by atoms with Gasteiger partial charge in [-0.3, -0.25) is 4.79 Å². The summed E-state index contributed by atoms with van der Waals surface area (Å²) in [6, 6.07) is 0.417. The molecule has 1 saturated heterocycles. The van der Waals surface area contributed by atoms with Gasteiger partial charge in [-0.15, -0.1) is 0 Å². The Balaban J connectivity index is 1.75. The van der Waals surface area contributed by atoms with Gasteiger partial charge in [0, 0.05) is 18.0 Å². The molecule has 1 aliphatic heterocycles. The zero-order valence-electron chi connectivity index (χ0n) is 9.81. The lowest BCUT2D eigenvalue weighted by molar-refractivity contribution is -0.123. The molecule has 0 radical (unpaired) electrons. The molecule has 1 amide bonds. The second kappa shape index (κ2) is 4.12. The fourth-order valence-electron chi connectivity index (χ4n) is 2.47. The van der Waals surface area contributed by atoms with Gasteiger partial charge < -0.3 is 10.6 Å². The number of hydrogen-bond donors (Lipinski definition) is 2. The summed E-state index contributed by atoms with van der Waals surface area (Å²) in [5, 5.41) is 6.52. The van der Waals surface area contributed by atoms with Crippen molar-refractivity contribution in [1.82, 2.24) is 10.6 Å². The Morgan fingerprint density at radius 3 is 2.67 bits per heavy atom. The predicted octanol–water partition coefficient (Wildman–Crippen LogP) is 1.43. The summed E-state index contributed by atoms with van der Waals surface area (Å²) in [5.74, 6) is 0.921. The summed E-state index contributed by atoms with van der Waals surface area (Å²) in [6.45, 7) is 5.36. The normalized spacial score (nSPS) is 26.7. The molecule has 0 aromatic heterocycles. The van der Waals surface area contributed by atoms with Crippen LogP contribution in [0.5, 0.6) is 0 Å². The molecule has 1 saturated carbocycles. The third-order valence-electron chi connectivity index (χ3n) is 3.65. The quantitative estimate of drug-likeness (QED) is 0.737. The molecular formula is C12H22N2O. The van der Waals surface area contributed by atoms with E-state index in [4.69, 9.17) is 0 Å². The van der Waals surface area contributed by atoms with Crippen LogP contribution >= 0.6 is 0 Å². The molecule has 1 unspecified atom stereocenters. The van der Waals surface area contributed by atoms with Gasteiger partial charge in [-0.1, -0.05) is 0 Å². The Bertz CT molecular complexity index is 240. The molecule has 0 bridgehead atoms. The summed E-state index contributed by atoms with van der Waals surface area (Å²) in [4.78, 5) is 11.8. The van der Waals surface area contributed by atoms with Gasteiger partial charge >= 0.3 is 0 Å². The van der Waals surface area contributed by atoms with Crippen molar-refractivity contribution in [3.05, 3.63) is 0 Å². The minimum atomic E-state index is 0.00961. The standard InChI is InChI=1S/C12H22N2O/c1-12(2,9-5-6-9)14-11(15)8-10-4-3-7-13-10/h9-10,13H,3-8H2,1-2H3,(H,14,15). The Labute approximate surface area is 92.0 Å². The van der Waals surface area contributed by atoms with E-state index in [-0.39, 0.29) is 11.4 Å². The third kappa shape index (κ3) is 2.94. The zero-order chi connectivity index (χ0) is 10.9. The lowest BCUT2D eigenvalue weighted by atomic mass is 9.98. The van der Waals surface area contributed by atoms with Crippen molar-refractivity contribution in [2.45, 2.75) is 57.5 Å². The van der Waals surface area contributed by atoms with E-state index >= 15 is 0 Å². The van der Waals surface area contributed by atoms with Crippen molar-refractivity contribution in [2.24, 2.45) is 5.92 Å². The Morgan fingerprint density at radius 1 is 1.40 bits per heavy atom. The number of amides is 1. The van der Waals surface area contributed by atoms with E-state index in [1.807, 2.05) is 0 Å². The zero-order valence-corrected chi connectivity index (χ0v) is 9.81. The van der Waals surface area contributed by atoms with Gasteiger partial charge in [-0.25, -0.2) is 0 Å². The highest BCUT2D eigenvalue weighted by atomic mass is 16.1. The summed E-state index contributed by atoms with van der Waals surface area (Å²) in [5.41, 5.74) is 0.00961. The van der Waals surface area contributed by atoms with Gasteiger partial charge in [-0.05, 0) is 52.0 Å². The highest BCUT2D eigenvalue weighted by molar-refractivity contribution is 5.77. The fraction of sp³-hybridized carbons (Fsp3) is 0.917. The van der Waals surface area contributed by atoms with Crippen LogP contribution in [0.15, 0.2) is 0 Å². The second-order valence-electron chi connectivity index (χ2n) is 5.54. The molecule has 1 heterocycles. The predicted molar refractivity (Wildman–Crippen MR) is 60.6 cm³/mol. The molecule has 2 aliphatic rings. The smallest absolute Gasteiger partial charge is 0.221 e. The van der Waals surface area contributed by atoms with Crippen LogP contribution in [0, 0.1) is 5.92 Å². The van der Waals surface area contributed by atoms with Crippen molar-refractivity contribution < 1.29 is 4.79 Å². The molecule has 3 heteroatoms. The van der Waals surface area contributed by atoms with Crippen molar-refractivity contribution in [3.63, 3.8) is 0 Å². The van der Waals surface area contributed by atoms with E-state index in [9.17, 15) is 4.79 Å². The largest absolute Gasteiger partial charge is 0.351 e. The van der Waals surface area contributed by atoms with Crippen molar-refractivity contribution >= 4 is 5.91 Å². The maximum Gasteiger partial charge on any atom is 0.221 e. The van der Waals surface area contributed by atoms with Crippen LogP contribution in [0.3, 0.4) is 0 Å². The molecule has 86 valence electrons. The first kappa shape index (κ1) is 10.9. The Kier molecular flexibility index (Phi) is 3.01. The molecule has 0 aromatic rings. The van der Waals surface area contributed by atoms with Crippen LogP contribution < -0.4 is 10.6 Å². The second-order valence-corrected chi connectivity index (χ2v) is 5.54. The minimum absolute atomic E-state index is 0.00961. The number of hydrogen-bond acceptors (Lipinski definition) is 2. The van der Waals surface area contributed by atoms with Gasteiger partial charge in [0.2, 0.25) is 5.91 Å². The van der Waals surface area contributed by atoms with Crippen LogP contribution in [0.1, 0.15) is 46.0 Å². The summed E-state index contributed by atoms with van der Waals surface area (Å²) in [6.07, 6.45) is 5.56. The highest BCUT2D eigenvalue weighted by Crippen LogP contribution is 2.39. The topological polar surface area (TPSA) is 41.1 Å². The average Bonchev–Trinajstić information content (AvgIpc) is 2.88. The van der Waals surface area contributed by atoms with Crippen LogP contribution in [0.2, 0.25) is 0 Å². The maximum atomic E-state index is 11.8. The van der Waals surface area contributed by atoms with Gasteiger partial charge in [0.15, 0.2) is 0 Å². The SMILES string of the molecule is CC(C)(NC(=O)CC1CCCN1)C1CC1. The van der Waals surface area contributed by atoms with Crippen molar-refractivity contribution in [1.29, 1.82) is 0 Å². The first-order chi connectivity index (χ1) is 7.08. The van der Waals surface area contributed by atoms with Gasteiger partial charge in [0.1, 0.15) is 0 Å². The average molecular weight is 210 g/mol. The van der Waals surface area contributed by atoms with Crippen molar-refractivity contribution in [3.8, 4) is 0 Å². The Morgan fingerprint density at radius 2 is 2.13 bits per heavy atom. The van der Waals surface area contributed by atoms with Crippen LogP contribution in [-0.2, 0) is 4.79 Å². The summed E-state index contributed by atoms with van der Waals surface area (Å²) < 4.78 is 0. The van der Waals surface area contributed by atoms with E-state index in [0.717, 1.165) is 13.0 Å². The van der Waals surface area contributed by atoms with Crippen molar-refractivity contribution in [2.75, 3.05) is 6.54 Å².